The van der Waals surface area contributed by atoms with E-state index in [1.165, 1.54) is 12.8 Å². The van der Waals surface area contributed by atoms with Crippen LogP contribution in [0.5, 0.6) is 0 Å². The van der Waals surface area contributed by atoms with Gasteiger partial charge in [-0.05, 0) is 30.2 Å². The van der Waals surface area contributed by atoms with Gasteiger partial charge in [0.1, 0.15) is 0 Å². The monoisotopic (exact) mass is 250 g/mol. The zero-order valence-electron chi connectivity index (χ0n) is 9.82. The van der Waals surface area contributed by atoms with E-state index >= 15 is 0 Å². The molecule has 1 aromatic rings. The number of nitrogens with two attached hydrogens (primary N) is 1. The second kappa shape index (κ2) is 5.96. The van der Waals surface area contributed by atoms with Crippen LogP contribution in [0.3, 0.4) is 0 Å². The lowest BCUT2D eigenvalue weighted by molar-refractivity contribution is -0.120. The van der Waals surface area contributed by atoms with Gasteiger partial charge in [-0.2, -0.15) is 0 Å². The molecule has 1 fully saturated rings. The van der Waals surface area contributed by atoms with E-state index in [1.54, 1.807) is 11.8 Å². The lowest BCUT2D eigenvalue weighted by atomic mass is 10.1. The van der Waals surface area contributed by atoms with Gasteiger partial charge in [0.15, 0.2) is 0 Å². The molecule has 3 nitrogen and oxygen atoms in total. The zero-order valence-corrected chi connectivity index (χ0v) is 10.6. The minimum atomic E-state index is 0.133. The summed E-state index contributed by atoms with van der Waals surface area (Å²) in [6, 6.07) is 7.64. The van der Waals surface area contributed by atoms with Crippen LogP contribution in [0.1, 0.15) is 24.8 Å². The number of thioether (sulfide) groups is 1. The van der Waals surface area contributed by atoms with Crippen LogP contribution in [-0.4, -0.2) is 16.9 Å². The number of anilines is 1. The van der Waals surface area contributed by atoms with Gasteiger partial charge in [0, 0.05) is 12.2 Å². The van der Waals surface area contributed by atoms with Crippen molar-refractivity contribution in [2.45, 2.75) is 31.1 Å². The van der Waals surface area contributed by atoms with Crippen molar-refractivity contribution in [1.29, 1.82) is 0 Å². The van der Waals surface area contributed by atoms with Crippen molar-refractivity contribution < 1.29 is 4.79 Å². The molecule has 0 aliphatic carbocycles. The summed E-state index contributed by atoms with van der Waals surface area (Å²) >= 11 is 1.77. The summed E-state index contributed by atoms with van der Waals surface area (Å²) in [7, 11) is 0. The maximum Gasteiger partial charge on any atom is 0.233 e. The van der Waals surface area contributed by atoms with E-state index in [4.69, 9.17) is 5.73 Å². The van der Waals surface area contributed by atoms with Crippen molar-refractivity contribution in [2.24, 2.45) is 0 Å². The summed E-state index contributed by atoms with van der Waals surface area (Å²) in [6.07, 6.45) is 3.40. The van der Waals surface area contributed by atoms with Crippen LogP contribution < -0.4 is 11.1 Å². The van der Waals surface area contributed by atoms with E-state index in [-0.39, 0.29) is 11.2 Å². The summed E-state index contributed by atoms with van der Waals surface area (Å²) in [6.45, 7) is 0.530. The van der Waals surface area contributed by atoms with Crippen molar-refractivity contribution in [3.05, 3.63) is 29.8 Å². The molecule has 1 amide bonds. The van der Waals surface area contributed by atoms with Crippen molar-refractivity contribution in [3.63, 3.8) is 0 Å². The Balaban J connectivity index is 1.85. The van der Waals surface area contributed by atoms with Gasteiger partial charge in [-0.3, -0.25) is 4.79 Å². The number of carbonyl (C=O) groups excluding carboxylic acids is 1. The Bertz CT molecular complexity index is 389. The third-order valence-corrected chi connectivity index (χ3v) is 4.36. The Morgan fingerprint density at radius 1 is 1.41 bits per heavy atom. The fourth-order valence-electron chi connectivity index (χ4n) is 1.94. The standard InChI is InChI=1S/C13H18N2OS/c14-11-6-2-1-5-10(11)9-15-13(16)12-7-3-4-8-17-12/h1-2,5-6,12H,3-4,7-9,14H2,(H,15,16). The van der Waals surface area contributed by atoms with E-state index in [1.807, 2.05) is 24.3 Å². The first-order valence-corrected chi connectivity index (χ1v) is 7.05. The molecule has 1 atom stereocenters. The number of hydrogen-bond acceptors (Lipinski definition) is 3. The summed E-state index contributed by atoms with van der Waals surface area (Å²) < 4.78 is 0. The van der Waals surface area contributed by atoms with Gasteiger partial charge in [-0.15, -0.1) is 11.8 Å². The first kappa shape index (κ1) is 12.3. The molecule has 4 heteroatoms. The summed E-state index contributed by atoms with van der Waals surface area (Å²) in [5, 5.41) is 3.10. The van der Waals surface area contributed by atoms with Gasteiger partial charge in [0.25, 0.3) is 0 Å². The molecule has 1 aliphatic rings. The van der Waals surface area contributed by atoms with Gasteiger partial charge in [-0.1, -0.05) is 24.6 Å². The number of benzene rings is 1. The first-order valence-electron chi connectivity index (χ1n) is 6.00. The zero-order chi connectivity index (χ0) is 12.1. The van der Waals surface area contributed by atoms with Crippen molar-refractivity contribution in [1.82, 2.24) is 5.32 Å². The van der Waals surface area contributed by atoms with Gasteiger partial charge in [0.05, 0.1) is 5.25 Å². The predicted molar refractivity (Wildman–Crippen MR) is 72.8 cm³/mol. The molecule has 1 aromatic carbocycles. The molecule has 0 saturated carbocycles. The molecule has 0 spiro atoms. The van der Waals surface area contributed by atoms with Crippen molar-refractivity contribution in [3.8, 4) is 0 Å². The third kappa shape index (κ3) is 3.40. The number of hydrogen-bond donors (Lipinski definition) is 2. The fraction of sp³-hybridized carbons (Fsp3) is 0.462. The van der Waals surface area contributed by atoms with E-state index in [0.29, 0.717) is 6.54 Å². The van der Waals surface area contributed by atoms with Crippen LogP contribution in [0.15, 0.2) is 24.3 Å². The van der Waals surface area contributed by atoms with Crippen LogP contribution in [-0.2, 0) is 11.3 Å². The van der Waals surface area contributed by atoms with E-state index in [2.05, 4.69) is 5.32 Å². The molecular weight excluding hydrogens is 232 g/mol. The normalized spacial score (nSPS) is 19.9. The smallest absolute Gasteiger partial charge is 0.233 e. The molecule has 17 heavy (non-hydrogen) atoms. The highest BCUT2D eigenvalue weighted by molar-refractivity contribution is 8.00. The van der Waals surface area contributed by atoms with Gasteiger partial charge < -0.3 is 11.1 Å². The summed E-state index contributed by atoms with van der Waals surface area (Å²) in [5.74, 6) is 1.25. The first-order chi connectivity index (χ1) is 8.27. The van der Waals surface area contributed by atoms with E-state index in [0.717, 1.165) is 23.4 Å². The van der Waals surface area contributed by atoms with Gasteiger partial charge in [0.2, 0.25) is 5.91 Å². The fourth-order valence-corrected chi connectivity index (χ4v) is 3.16. The molecule has 0 aromatic heterocycles. The molecule has 0 radical (unpaired) electrons. The topological polar surface area (TPSA) is 55.1 Å². The third-order valence-electron chi connectivity index (χ3n) is 2.98. The molecule has 3 N–H and O–H groups in total. The quantitative estimate of drug-likeness (QED) is 0.808. The highest BCUT2D eigenvalue weighted by Gasteiger charge is 2.21. The minimum Gasteiger partial charge on any atom is -0.398 e. The van der Waals surface area contributed by atoms with Crippen LogP contribution in [0, 0.1) is 0 Å². The highest BCUT2D eigenvalue weighted by atomic mass is 32.2. The largest absolute Gasteiger partial charge is 0.398 e. The molecule has 1 heterocycles. The summed E-state index contributed by atoms with van der Waals surface area (Å²) in [4.78, 5) is 11.9. The molecule has 2 rings (SSSR count). The van der Waals surface area contributed by atoms with Crippen molar-refractivity contribution in [2.75, 3.05) is 11.5 Å². The van der Waals surface area contributed by atoms with E-state index in [9.17, 15) is 4.79 Å². The van der Waals surface area contributed by atoms with Crippen molar-refractivity contribution >= 4 is 23.4 Å². The van der Waals surface area contributed by atoms with E-state index < -0.39 is 0 Å². The lowest BCUT2D eigenvalue weighted by Crippen LogP contribution is -2.33. The Labute approximate surface area is 106 Å². The molecule has 1 saturated heterocycles. The number of rotatable bonds is 3. The summed E-state index contributed by atoms with van der Waals surface area (Å²) in [5.41, 5.74) is 7.56. The molecular formula is C13H18N2OS. The minimum absolute atomic E-state index is 0.133. The lowest BCUT2D eigenvalue weighted by Gasteiger charge is -2.20. The molecule has 92 valence electrons. The molecule has 1 unspecified atom stereocenters. The number of amides is 1. The number of nitrogen functional groups attached to an aromatic ring is 1. The molecule has 0 bridgehead atoms. The maximum atomic E-state index is 11.9. The SMILES string of the molecule is Nc1ccccc1CNC(=O)C1CCCCS1. The van der Waals surface area contributed by atoms with Crippen LogP contribution in [0.2, 0.25) is 0 Å². The average Bonchev–Trinajstić information content (AvgIpc) is 2.38. The Hall–Kier alpha value is -1.16. The number of carbonyl (C=O) groups is 1. The Morgan fingerprint density at radius 3 is 2.94 bits per heavy atom. The number of nitrogens with one attached hydrogen (secondary N) is 1. The van der Waals surface area contributed by atoms with Crippen LogP contribution >= 0.6 is 11.8 Å². The second-order valence-corrected chi connectivity index (χ2v) is 5.58. The highest BCUT2D eigenvalue weighted by Crippen LogP contribution is 2.25. The second-order valence-electron chi connectivity index (χ2n) is 4.27. The van der Waals surface area contributed by atoms with Crippen LogP contribution in [0.4, 0.5) is 5.69 Å². The average molecular weight is 250 g/mol. The van der Waals surface area contributed by atoms with Gasteiger partial charge in [-0.25, -0.2) is 0 Å². The predicted octanol–water partition coefficient (Wildman–Crippen LogP) is 2.17. The maximum absolute atomic E-state index is 11.9. The van der Waals surface area contributed by atoms with Crippen LogP contribution in [0.25, 0.3) is 0 Å². The molecule has 1 aliphatic heterocycles. The Morgan fingerprint density at radius 2 is 2.24 bits per heavy atom. The van der Waals surface area contributed by atoms with Gasteiger partial charge >= 0.3 is 0 Å². The number of para-hydroxylation sites is 1. The Kier molecular flexibility index (Phi) is 4.31.